The summed E-state index contributed by atoms with van der Waals surface area (Å²) >= 11 is 0. The fourth-order valence-corrected chi connectivity index (χ4v) is 9.00. The Hall–Kier alpha value is -9.06. The average Bonchev–Trinajstić information content (AvgIpc) is 3.83. The smallest absolute Gasteiger partial charge is 0.164 e. The number of furan rings is 1. The molecule has 5 heteroatoms. The lowest BCUT2D eigenvalue weighted by atomic mass is 9.91. The van der Waals surface area contributed by atoms with Crippen LogP contribution in [0.4, 0.5) is 0 Å². The van der Waals surface area contributed by atoms with E-state index in [4.69, 9.17) is 24.4 Å². The predicted octanol–water partition coefficient (Wildman–Crippen LogP) is 16.2. The number of aromatic nitrogens is 4. The Morgan fingerprint density at radius 3 is 1.12 bits per heavy atom. The standard InChI is InChI=1S/C62H40N4O/c1-6-18-41(19-7-1)50-38-51(42-20-8-2-9-21-42)40-52(39-50)58-55(56-57(46-22-10-3-11-23-46)63-54-29-17-16-28-53(54)59(56)67-58)45-34-30-43(31-35-45)44-32-36-49(37-33-44)62-65-60(47-24-12-4-13-25-47)64-61(66-62)48-26-14-5-15-27-48/h1-40H. The van der Waals surface area contributed by atoms with E-state index in [1.165, 1.54) is 0 Å². The van der Waals surface area contributed by atoms with Gasteiger partial charge in [0.1, 0.15) is 11.3 Å². The van der Waals surface area contributed by atoms with Crippen molar-refractivity contribution < 1.29 is 4.42 Å². The van der Waals surface area contributed by atoms with Crippen molar-refractivity contribution in [1.82, 2.24) is 19.9 Å². The number of rotatable bonds is 9. The van der Waals surface area contributed by atoms with Gasteiger partial charge < -0.3 is 4.42 Å². The van der Waals surface area contributed by atoms with Gasteiger partial charge in [-0.05, 0) is 69.3 Å². The van der Waals surface area contributed by atoms with Gasteiger partial charge in [0, 0.05) is 38.8 Å². The Bertz CT molecular complexity index is 3570. The Balaban J connectivity index is 1.01. The quantitative estimate of drug-likeness (QED) is 0.145. The lowest BCUT2D eigenvalue weighted by molar-refractivity contribution is 0.636. The molecule has 0 amide bonds. The Morgan fingerprint density at radius 2 is 0.627 bits per heavy atom. The van der Waals surface area contributed by atoms with Crippen LogP contribution in [0.5, 0.6) is 0 Å². The molecule has 0 atom stereocenters. The summed E-state index contributed by atoms with van der Waals surface area (Å²) in [6.45, 7) is 0. The molecule has 0 aliphatic rings. The van der Waals surface area contributed by atoms with Crippen molar-refractivity contribution in [1.29, 1.82) is 0 Å². The number of nitrogens with zero attached hydrogens (tertiary/aromatic N) is 4. The summed E-state index contributed by atoms with van der Waals surface area (Å²) in [5.41, 5.74) is 16.0. The molecular weight excluding hydrogens is 817 g/mol. The molecule has 0 saturated heterocycles. The Kier molecular flexibility index (Phi) is 10.1. The second-order valence-electron chi connectivity index (χ2n) is 16.6. The van der Waals surface area contributed by atoms with Crippen LogP contribution in [0, 0.1) is 0 Å². The van der Waals surface area contributed by atoms with Crippen LogP contribution in [0.25, 0.3) is 123 Å². The highest BCUT2D eigenvalue weighted by Crippen LogP contribution is 2.48. The van der Waals surface area contributed by atoms with Crippen molar-refractivity contribution in [3.63, 3.8) is 0 Å². The first kappa shape index (κ1) is 39.5. The molecule has 12 rings (SSSR count). The summed E-state index contributed by atoms with van der Waals surface area (Å²) in [7, 11) is 0. The van der Waals surface area contributed by atoms with Crippen LogP contribution in [-0.4, -0.2) is 19.9 Å². The SMILES string of the molecule is c1ccc(-c2cc(-c3ccccc3)cc(-c3oc4c(c(-c5ccccc5)nc5ccccc54)c3-c3ccc(-c4ccc(-c5nc(-c6ccccc6)nc(-c6ccccc6)n5)cc4)cc3)c2)cc1. The van der Waals surface area contributed by atoms with E-state index in [1.807, 2.05) is 72.8 Å². The summed E-state index contributed by atoms with van der Waals surface area (Å²) < 4.78 is 7.28. The van der Waals surface area contributed by atoms with Gasteiger partial charge in [-0.3, -0.25) is 0 Å². The minimum absolute atomic E-state index is 0.621. The maximum Gasteiger partial charge on any atom is 0.164 e. The van der Waals surface area contributed by atoms with Gasteiger partial charge in [0.2, 0.25) is 0 Å². The molecule has 9 aromatic carbocycles. The first-order chi connectivity index (χ1) is 33.2. The third-order valence-electron chi connectivity index (χ3n) is 12.3. The summed E-state index contributed by atoms with van der Waals surface area (Å²) in [6.07, 6.45) is 0. The molecule has 0 aliphatic heterocycles. The number of para-hydroxylation sites is 1. The fourth-order valence-electron chi connectivity index (χ4n) is 9.00. The van der Waals surface area contributed by atoms with Gasteiger partial charge in [-0.1, -0.05) is 212 Å². The number of hydrogen-bond donors (Lipinski definition) is 0. The molecule has 0 spiro atoms. The highest BCUT2D eigenvalue weighted by molar-refractivity contribution is 6.17. The molecule has 3 heterocycles. The van der Waals surface area contributed by atoms with E-state index >= 15 is 0 Å². The molecular formula is C62H40N4O. The van der Waals surface area contributed by atoms with Crippen LogP contribution in [-0.2, 0) is 0 Å². The number of hydrogen-bond acceptors (Lipinski definition) is 5. The molecule has 0 fully saturated rings. The van der Waals surface area contributed by atoms with Gasteiger partial charge in [0.15, 0.2) is 17.5 Å². The van der Waals surface area contributed by atoms with Gasteiger partial charge in [-0.2, -0.15) is 0 Å². The van der Waals surface area contributed by atoms with E-state index in [2.05, 4.69) is 170 Å². The first-order valence-electron chi connectivity index (χ1n) is 22.5. The first-order valence-corrected chi connectivity index (χ1v) is 22.5. The molecule has 3 aromatic heterocycles. The maximum atomic E-state index is 7.28. The van der Waals surface area contributed by atoms with Gasteiger partial charge in [-0.25, -0.2) is 19.9 Å². The second kappa shape index (κ2) is 17.1. The van der Waals surface area contributed by atoms with Crippen molar-refractivity contribution in [2.24, 2.45) is 0 Å². The molecule has 0 bridgehead atoms. The Morgan fingerprint density at radius 1 is 0.269 bits per heavy atom. The molecule has 67 heavy (non-hydrogen) atoms. The van der Waals surface area contributed by atoms with E-state index in [9.17, 15) is 0 Å². The largest absolute Gasteiger partial charge is 0.455 e. The van der Waals surface area contributed by atoms with Crippen molar-refractivity contribution in [3.05, 3.63) is 243 Å². The van der Waals surface area contributed by atoms with E-state index in [-0.39, 0.29) is 0 Å². The molecule has 12 aromatic rings. The highest BCUT2D eigenvalue weighted by atomic mass is 16.3. The monoisotopic (exact) mass is 856 g/mol. The minimum atomic E-state index is 0.621. The normalized spacial score (nSPS) is 11.3. The summed E-state index contributed by atoms with van der Waals surface area (Å²) in [5, 5.41) is 1.94. The van der Waals surface area contributed by atoms with Crippen molar-refractivity contribution in [3.8, 4) is 101 Å². The van der Waals surface area contributed by atoms with Crippen LogP contribution in [0.15, 0.2) is 247 Å². The molecule has 0 saturated carbocycles. The van der Waals surface area contributed by atoms with Gasteiger partial charge in [0.05, 0.1) is 16.6 Å². The molecule has 0 aliphatic carbocycles. The van der Waals surface area contributed by atoms with Gasteiger partial charge >= 0.3 is 0 Å². The van der Waals surface area contributed by atoms with Crippen LogP contribution >= 0.6 is 0 Å². The number of benzene rings is 9. The van der Waals surface area contributed by atoms with Crippen LogP contribution < -0.4 is 0 Å². The van der Waals surface area contributed by atoms with E-state index in [0.29, 0.717) is 17.5 Å². The summed E-state index contributed by atoms with van der Waals surface area (Å²) in [5.74, 6) is 2.68. The van der Waals surface area contributed by atoms with E-state index in [1.54, 1.807) is 0 Å². The average molecular weight is 857 g/mol. The lowest BCUT2D eigenvalue weighted by Crippen LogP contribution is -2.00. The third-order valence-corrected chi connectivity index (χ3v) is 12.3. The molecule has 0 unspecified atom stereocenters. The zero-order chi connectivity index (χ0) is 44.5. The summed E-state index contributed by atoms with van der Waals surface area (Å²) in [4.78, 5) is 20.2. The topological polar surface area (TPSA) is 64.7 Å². The zero-order valence-electron chi connectivity index (χ0n) is 36.3. The molecule has 314 valence electrons. The van der Waals surface area contributed by atoms with Crippen LogP contribution in [0.3, 0.4) is 0 Å². The highest BCUT2D eigenvalue weighted by Gasteiger charge is 2.25. The molecule has 5 nitrogen and oxygen atoms in total. The van der Waals surface area contributed by atoms with Crippen molar-refractivity contribution in [2.45, 2.75) is 0 Å². The second-order valence-corrected chi connectivity index (χ2v) is 16.6. The summed E-state index contributed by atoms with van der Waals surface area (Å²) in [6, 6.07) is 84.1. The van der Waals surface area contributed by atoms with Gasteiger partial charge in [-0.15, -0.1) is 0 Å². The molecule has 0 radical (unpaired) electrons. The molecule has 0 N–H and O–H groups in total. The lowest BCUT2D eigenvalue weighted by Gasteiger charge is -2.12. The number of fused-ring (bicyclic) bond motifs is 3. The van der Waals surface area contributed by atoms with Crippen LogP contribution in [0.2, 0.25) is 0 Å². The van der Waals surface area contributed by atoms with E-state index < -0.39 is 0 Å². The van der Waals surface area contributed by atoms with E-state index in [0.717, 1.165) is 106 Å². The zero-order valence-corrected chi connectivity index (χ0v) is 36.3. The van der Waals surface area contributed by atoms with Crippen molar-refractivity contribution in [2.75, 3.05) is 0 Å². The predicted molar refractivity (Wildman–Crippen MR) is 274 cm³/mol. The third kappa shape index (κ3) is 7.64. The number of pyridine rings is 1. The Labute approximate surface area is 388 Å². The maximum absolute atomic E-state index is 7.28. The fraction of sp³-hybridized carbons (Fsp3) is 0. The minimum Gasteiger partial charge on any atom is -0.455 e. The van der Waals surface area contributed by atoms with Crippen LogP contribution in [0.1, 0.15) is 0 Å². The van der Waals surface area contributed by atoms with Crippen molar-refractivity contribution >= 4 is 21.9 Å². The van der Waals surface area contributed by atoms with Gasteiger partial charge in [0.25, 0.3) is 0 Å².